The molecule has 0 saturated heterocycles. The maximum atomic E-state index is 11.6. The molecule has 1 aromatic rings. The second kappa shape index (κ2) is 12.1. The van der Waals surface area contributed by atoms with Gasteiger partial charge in [0.05, 0.1) is 19.1 Å². The minimum atomic E-state index is -3.98. The SMILES string of the molecule is CC1=C/C(=C/c2cc(C)c(O)c(Br)c2)C=C(Br)C1=O.O=S(=O)([O-])C1CCCCC1.[Na+]. The van der Waals surface area contributed by atoms with Gasteiger partial charge in [0.15, 0.2) is 5.78 Å². The van der Waals surface area contributed by atoms with E-state index in [-0.39, 0.29) is 41.1 Å². The molecule has 1 N–H and O–H groups in total. The number of ketones is 1. The molecule has 30 heavy (non-hydrogen) atoms. The van der Waals surface area contributed by atoms with Crippen molar-refractivity contribution in [3.63, 3.8) is 0 Å². The largest absolute Gasteiger partial charge is 1.00 e. The molecule has 0 unspecified atom stereocenters. The molecule has 0 heterocycles. The van der Waals surface area contributed by atoms with Crippen molar-refractivity contribution in [2.45, 2.75) is 51.2 Å². The van der Waals surface area contributed by atoms with Crippen molar-refractivity contribution in [3.8, 4) is 5.75 Å². The Morgan fingerprint density at radius 1 is 1.10 bits per heavy atom. The van der Waals surface area contributed by atoms with Crippen molar-refractivity contribution in [2.24, 2.45) is 0 Å². The summed E-state index contributed by atoms with van der Waals surface area (Å²) >= 11 is 6.59. The fourth-order valence-electron chi connectivity index (χ4n) is 3.23. The number of phenols is 1. The molecular formula is C21H23Br2NaO5S. The summed E-state index contributed by atoms with van der Waals surface area (Å²) < 4.78 is 32.5. The van der Waals surface area contributed by atoms with E-state index in [4.69, 9.17) is 0 Å². The van der Waals surface area contributed by atoms with Crippen molar-refractivity contribution in [3.05, 3.63) is 55.5 Å². The summed E-state index contributed by atoms with van der Waals surface area (Å²) in [6.45, 7) is 3.64. The number of Topliss-reactive ketones (excluding diaryl/α,β-unsaturated/α-hetero) is 1. The summed E-state index contributed by atoms with van der Waals surface area (Å²) in [5, 5.41) is 9.13. The molecule has 0 bridgehead atoms. The minimum absolute atomic E-state index is 0. The van der Waals surface area contributed by atoms with E-state index in [0.29, 0.717) is 27.4 Å². The zero-order chi connectivity index (χ0) is 21.8. The number of carbonyl (C=O) groups is 1. The first-order chi connectivity index (χ1) is 13.5. The number of allylic oxidation sites excluding steroid dienone is 5. The van der Waals surface area contributed by atoms with Crippen LogP contribution >= 0.6 is 31.9 Å². The zero-order valence-electron chi connectivity index (χ0n) is 17.2. The number of phenolic OH excluding ortho intramolecular Hbond substituents is 1. The molecule has 0 atom stereocenters. The summed E-state index contributed by atoms with van der Waals surface area (Å²) in [6.07, 6.45) is 9.63. The van der Waals surface area contributed by atoms with E-state index in [1.54, 1.807) is 13.0 Å². The third-order valence-corrected chi connectivity index (χ3v) is 7.30. The summed E-state index contributed by atoms with van der Waals surface area (Å²) in [5.41, 5.74) is 3.42. The van der Waals surface area contributed by atoms with Gasteiger partial charge in [0.2, 0.25) is 0 Å². The predicted molar refractivity (Wildman–Crippen MR) is 121 cm³/mol. The molecule has 0 spiro atoms. The molecular weight excluding hydrogens is 547 g/mol. The van der Waals surface area contributed by atoms with Crippen molar-refractivity contribution in [2.75, 3.05) is 0 Å². The number of benzene rings is 1. The Morgan fingerprint density at radius 2 is 1.70 bits per heavy atom. The van der Waals surface area contributed by atoms with Gasteiger partial charge in [0.25, 0.3) is 0 Å². The molecule has 1 fully saturated rings. The van der Waals surface area contributed by atoms with Gasteiger partial charge in [-0.05, 0) is 111 Å². The molecule has 0 aliphatic heterocycles. The molecule has 1 saturated carbocycles. The zero-order valence-corrected chi connectivity index (χ0v) is 23.2. The van der Waals surface area contributed by atoms with Crippen molar-refractivity contribution in [1.29, 1.82) is 0 Å². The molecule has 0 radical (unpaired) electrons. The predicted octanol–water partition coefficient (Wildman–Crippen LogP) is 2.52. The quantitative estimate of drug-likeness (QED) is 0.436. The Labute approximate surface area is 217 Å². The second-order valence-corrected chi connectivity index (χ2v) is 10.6. The first-order valence-electron chi connectivity index (χ1n) is 9.24. The Hall–Kier alpha value is -0.220. The topological polar surface area (TPSA) is 94.5 Å². The van der Waals surface area contributed by atoms with Crippen molar-refractivity contribution in [1.82, 2.24) is 0 Å². The summed E-state index contributed by atoms with van der Waals surface area (Å²) in [5.74, 6) is 0.268. The van der Waals surface area contributed by atoms with Crippen LogP contribution in [0.4, 0.5) is 0 Å². The molecule has 158 valence electrons. The Kier molecular flexibility index (Phi) is 11.3. The van der Waals surface area contributed by atoms with E-state index in [2.05, 4.69) is 31.9 Å². The van der Waals surface area contributed by atoms with Crippen LogP contribution in [0.3, 0.4) is 0 Å². The number of rotatable bonds is 2. The van der Waals surface area contributed by atoms with Crippen molar-refractivity contribution >= 4 is 53.8 Å². The molecule has 2 aliphatic rings. The van der Waals surface area contributed by atoms with Crippen LogP contribution in [0.2, 0.25) is 0 Å². The summed E-state index contributed by atoms with van der Waals surface area (Å²) in [7, 11) is -3.98. The van der Waals surface area contributed by atoms with Gasteiger partial charge >= 0.3 is 29.6 Å². The Bertz CT molecular complexity index is 944. The van der Waals surface area contributed by atoms with Crippen LogP contribution in [0.25, 0.3) is 6.08 Å². The minimum Gasteiger partial charge on any atom is -0.748 e. The number of hydrogen-bond acceptors (Lipinski definition) is 5. The molecule has 9 heteroatoms. The average molecular weight is 570 g/mol. The molecule has 1 aromatic carbocycles. The van der Waals surface area contributed by atoms with E-state index >= 15 is 0 Å². The summed E-state index contributed by atoms with van der Waals surface area (Å²) in [6, 6.07) is 3.74. The van der Waals surface area contributed by atoms with Gasteiger partial charge < -0.3 is 9.66 Å². The third kappa shape index (κ3) is 8.04. The van der Waals surface area contributed by atoms with Crippen LogP contribution in [-0.2, 0) is 14.9 Å². The van der Waals surface area contributed by atoms with Gasteiger partial charge in [-0.1, -0.05) is 19.3 Å². The van der Waals surface area contributed by atoms with E-state index in [1.807, 2.05) is 31.2 Å². The van der Waals surface area contributed by atoms with Crippen LogP contribution in [0.5, 0.6) is 5.75 Å². The van der Waals surface area contributed by atoms with Crippen molar-refractivity contribution < 1.29 is 52.4 Å². The molecule has 3 rings (SSSR count). The molecule has 2 aliphatic carbocycles. The van der Waals surface area contributed by atoms with Gasteiger partial charge in [-0.15, -0.1) is 0 Å². The van der Waals surface area contributed by atoms with Crippen LogP contribution in [0.15, 0.2) is 44.4 Å². The average Bonchev–Trinajstić information content (AvgIpc) is 2.64. The van der Waals surface area contributed by atoms with E-state index in [0.717, 1.165) is 36.0 Å². The van der Waals surface area contributed by atoms with Crippen LogP contribution in [0, 0.1) is 6.92 Å². The number of carbonyl (C=O) groups excluding carboxylic acids is 1. The summed E-state index contributed by atoms with van der Waals surface area (Å²) in [4.78, 5) is 11.6. The Morgan fingerprint density at radius 3 is 2.17 bits per heavy atom. The second-order valence-electron chi connectivity index (χ2n) is 7.21. The van der Waals surface area contributed by atoms with E-state index in [9.17, 15) is 22.9 Å². The third-order valence-electron chi connectivity index (χ3n) is 4.82. The maximum Gasteiger partial charge on any atom is 1.00 e. The fourth-order valence-corrected chi connectivity index (χ4v) is 5.30. The number of aromatic hydroxyl groups is 1. The van der Waals surface area contributed by atoms with Crippen LogP contribution in [-0.4, -0.2) is 29.1 Å². The van der Waals surface area contributed by atoms with Gasteiger partial charge in [-0.2, -0.15) is 0 Å². The number of halogens is 2. The van der Waals surface area contributed by atoms with Crippen LogP contribution < -0.4 is 29.6 Å². The first kappa shape index (κ1) is 27.8. The van der Waals surface area contributed by atoms with Gasteiger partial charge in [-0.3, -0.25) is 4.79 Å². The molecule has 0 amide bonds. The van der Waals surface area contributed by atoms with Gasteiger partial charge in [0.1, 0.15) is 5.75 Å². The van der Waals surface area contributed by atoms with E-state index in [1.165, 1.54) is 0 Å². The first-order valence-corrected chi connectivity index (χ1v) is 12.3. The monoisotopic (exact) mass is 568 g/mol. The Balaban J connectivity index is 0.000000348. The standard InChI is InChI=1S/C15H12Br2O2.C6H12O3S.Na/c1-8-3-10(6-12(16)14(8)18)5-11-4-9(2)15(19)13(17)7-11;7-10(8,9)6-4-2-1-3-5-6;/h3-7,18H,1-2H3;6H,1-5H2,(H,7,8,9);/q;;+1/p-1/b11-5-;;. The molecule has 0 aromatic heterocycles. The maximum absolute atomic E-state index is 11.6. The van der Waals surface area contributed by atoms with Crippen LogP contribution in [0.1, 0.15) is 50.2 Å². The normalized spacial score (nSPS) is 18.7. The molecule has 5 nitrogen and oxygen atoms in total. The fraction of sp³-hybridized carbons (Fsp3) is 0.381. The van der Waals surface area contributed by atoms with E-state index < -0.39 is 15.4 Å². The number of hydrogen-bond donors (Lipinski definition) is 1. The van der Waals surface area contributed by atoms with Gasteiger partial charge in [-0.25, -0.2) is 8.42 Å². The smallest absolute Gasteiger partial charge is 0.748 e. The van der Waals surface area contributed by atoms with Gasteiger partial charge in [0, 0.05) is 5.25 Å². The number of aryl methyl sites for hydroxylation is 1.